The third-order valence-corrected chi connectivity index (χ3v) is 1.75. The molecule has 0 heterocycles. The molecule has 0 bridgehead atoms. The summed E-state index contributed by atoms with van der Waals surface area (Å²) in [5.74, 6) is -0.0341. The van der Waals surface area contributed by atoms with E-state index in [9.17, 15) is 4.79 Å². The zero-order valence-corrected chi connectivity index (χ0v) is 11.3. The summed E-state index contributed by atoms with van der Waals surface area (Å²) < 4.78 is 9.84. The number of amides is 1. The first kappa shape index (κ1) is 18.0. The highest BCUT2D eigenvalue weighted by molar-refractivity contribution is 5.85. The Balaban J connectivity index is 0. The van der Waals surface area contributed by atoms with E-state index in [1.165, 1.54) is 0 Å². The van der Waals surface area contributed by atoms with E-state index in [1.807, 2.05) is 13.8 Å². The van der Waals surface area contributed by atoms with Gasteiger partial charge in [-0.2, -0.15) is 0 Å². The highest BCUT2D eigenvalue weighted by Gasteiger charge is 2.19. The summed E-state index contributed by atoms with van der Waals surface area (Å²) in [6, 6.07) is 0. The van der Waals surface area contributed by atoms with Gasteiger partial charge >= 0.3 is 0 Å². The Kier molecular flexibility index (Phi) is 11.1. The van der Waals surface area contributed by atoms with E-state index < -0.39 is 0 Å². The summed E-state index contributed by atoms with van der Waals surface area (Å²) in [6.07, 6.45) is 0. The molecule has 5 nitrogen and oxygen atoms in total. The molecule has 0 aliphatic carbocycles. The second-order valence-corrected chi connectivity index (χ2v) is 4.03. The van der Waals surface area contributed by atoms with Gasteiger partial charge in [-0.25, -0.2) is 0 Å². The lowest BCUT2D eigenvalue weighted by molar-refractivity contribution is -0.122. The number of nitrogens with one attached hydrogen (secondary N) is 2. The Bertz CT molecular complexity index is 189. The molecule has 0 atom stereocenters. The first-order valence-corrected chi connectivity index (χ1v) is 5.01. The van der Waals surface area contributed by atoms with Gasteiger partial charge in [-0.05, 0) is 13.8 Å². The van der Waals surface area contributed by atoms with Crippen molar-refractivity contribution in [2.75, 3.05) is 40.5 Å². The van der Waals surface area contributed by atoms with Gasteiger partial charge in [-0.15, -0.1) is 12.4 Å². The van der Waals surface area contributed by atoms with Crippen molar-refractivity contribution in [3.8, 4) is 0 Å². The fourth-order valence-corrected chi connectivity index (χ4v) is 1.19. The normalized spacial score (nSPS) is 10.8. The minimum atomic E-state index is -0.325. The summed E-state index contributed by atoms with van der Waals surface area (Å²) in [5, 5.41) is 5.84. The van der Waals surface area contributed by atoms with Crippen LogP contribution in [0.15, 0.2) is 0 Å². The van der Waals surface area contributed by atoms with Gasteiger partial charge < -0.3 is 20.1 Å². The summed E-state index contributed by atoms with van der Waals surface area (Å²) in [5.41, 5.74) is -0.325. The number of methoxy groups -OCH3 is 2. The second kappa shape index (κ2) is 9.84. The summed E-state index contributed by atoms with van der Waals surface area (Å²) in [4.78, 5) is 11.4. The average molecular weight is 255 g/mol. The molecule has 0 aromatic heterocycles. The Morgan fingerprint density at radius 3 is 2.38 bits per heavy atom. The minimum Gasteiger partial charge on any atom is -0.383 e. The van der Waals surface area contributed by atoms with Crippen LogP contribution in [-0.4, -0.2) is 52.0 Å². The van der Waals surface area contributed by atoms with Crippen LogP contribution in [0.2, 0.25) is 0 Å². The van der Waals surface area contributed by atoms with Gasteiger partial charge in [0.1, 0.15) is 0 Å². The van der Waals surface area contributed by atoms with Crippen LogP contribution in [0.4, 0.5) is 0 Å². The predicted octanol–water partition coefficient (Wildman–Crippen LogP) is 0.185. The Labute approximate surface area is 104 Å². The van der Waals surface area contributed by atoms with Gasteiger partial charge in [0.25, 0.3) is 0 Å². The molecule has 0 aromatic rings. The molecule has 0 rings (SSSR count). The molecule has 0 aromatic carbocycles. The molecule has 0 aliphatic heterocycles. The lowest BCUT2D eigenvalue weighted by atomic mass is 10.1. The predicted molar refractivity (Wildman–Crippen MR) is 66.1 cm³/mol. The Morgan fingerprint density at radius 1 is 1.25 bits per heavy atom. The van der Waals surface area contributed by atoms with E-state index in [-0.39, 0.29) is 23.9 Å². The zero-order chi connectivity index (χ0) is 11.7. The van der Waals surface area contributed by atoms with Gasteiger partial charge in [-0.3, -0.25) is 4.79 Å². The summed E-state index contributed by atoms with van der Waals surface area (Å²) in [6.45, 7) is 5.92. The van der Waals surface area contributed by atoms with Crippen molar-refractivity contribution in [2.45, 2.75) is 19.4 Å². The van der Waals surface area contributed by atoms with Crippen molar-refractivity contribution < 1.29 is 14.3 Å². The highest BCUT2D eigenvalue weighted by Crippen LogP contribution is 2.00. The van der Waals surface area contributed by atoms with Crippen LogP contribution in [0.5, 0.6) is 0 Å². The fraction of sp³-hybridized carbons (Fsp3) is 0.900. The standard InChI is InChI=1S/C10H22N2O3.ClH/c1-10(2,8-15-4)12-9(13)7-11-5-6-14-3;/h11H,5-8H2,1-4H3,(H,12,13);1H. The van der Waals surface area contributed by atoms with Crippen molar-refractivity contribution >= 4 is 18.3 Å². The number of carbonyl (C=O) groups is 1. The molecule has 0 unspecified atom stereocenters. The SMILES string of the molecule is COCCNCC(=O)NC(C)(C)COC.Cl. The smallest absolute Gasteiger partial charge is 0.234 e. The van der Waals surface area contributed by atoms with Gasteiger partial charge in [0, 0.05) is 20.8 Å². The van der Waals surface area contributed by atoms with Crippen LogP contribution in [0.3, 0.4) is 0 Å². The lowest BCUT2D eigenvalue weighted by Crippen LogP contribution is -2.49. The van der Waals surface area contributed by atoms with E-state index >= 15 is 0 Å². The topological polar surface area (TPSA) is 59.6 Å². The second-order valence-electron chi connectivity index (χ2n) is 4.03. The van der Waals surface area contributed by atoms with Crippen LogP contribution >= 0.6 is 12.4 Å². The molecular formula is C10H23ClN2O3. The molecule has 0 saturated heterocycles. The third kappa shape index (κ3) is 10.2. The van der Waals surface area contributed by atoms with Crippen LogP contribution < -0.4 is 10.6 Å². The number of halogens is 1. The monoisotopic (exact) mass is 254 g/mol. The molecule has 98 valence electrons. The molecule has 16 heavy (non-hydrogen) atoms. The fourth-order valence-electron chi connectivity index (χ4n) is 1.19. The number of hydrogen-bond acceptors (Lipinski definition) is 4. The molecule has 0 spiro atoms. The minimum absolute atomic E-state index is 0. The summed E-state index contributed by atoms with van der Waals surface area (Å²) >= 11 is 0. The van der Waals surface area contributed by atoms with Gasteiger partial charge in [0.2, 0.25) is 5.91 Å². The molecule has 0 aliphatic rings. The van der Waals surface area contributed by atoms with Crippen molar-refractivity contribution in [1.29, 1.82) is 0 Å². The van der Waals surface area contributed by atoms with E-state index in [0.29, 0.717) is 26.3 Å². The Morgan fingerprint density at radius 2 is 1.88 bits per heavy atom. The maximum absolute atomic E-state index is 11.4. The van der Waals surface area contributed by atoms with Crippen molar-refractivity contribution in [3.63, 3.8) is 0 Å². The molecule has 6 heteroatoms. The van der Waals surface area contributed by atoms with E-state index in [2.05, 4.69) is 10.6 Å². The first-order valence-electron chi connectivity index (χ1n) is 5.01. The highest BCUT2D eigenvalue weighted by atomic mass is 35.5. The van der Waals surface area contributed by atoms with E-state index in [1.54, 1.807) is 14.2 Å². The van der Waals surface area contributed by atoms with Crippen LogP contribution in [0.1, 0.15) is 13.8 Å². The van der Waals surface area contributed by atoms with Crippen molar-refractivity contribution in [2.24, 2.45) is 0 Å². The van der Waals surface area contributed by atoms with Crippen molar-refractivity contribution in [3.05, 3.63) is 0 Å². The average Bonchev–Trinajstić information content (AvgIpc) is 2.11. The molecule has 0 saturated carbocycles. The van der Waals surface area contributed by atoms with Crippen molar-refractivity contribution in [1.82, 2.24) is 10.6 Å². The van der Waals surface area contributed by atoms with Gasteiger partial charge in [0.05, 0.1) is 25.3 Å². The molecular weight excluding hydrogens is 232 g/mol. The maximum Gasteiger partial charge on any atom is 0.234 e. The lowest BCUT2D eigenvalue weighted by Gasteiger charge is -2.25. The van der Waals surface area contributed by atoms with Gasteiger partial charge in [-0.1, -0.05) is 0 Å². The van der Waals surface area contributed by atoms with Crippen LogP contribution in [0, 0.1) is 0 Å². The maximum atomic E-state index is 11.4. The first-order chi connectivity index (χ1) is 7.02. The summed E-state index contributed by atoms with van der Waals surface area (Å²) in [7, 11) is 3.24. The molecule has 1 amide bonds. The zero-order valence-electron chi connectivity index (χ0n) is 10.5. The third-order valence-electron chi connectivity index (χ3n) is 1.75. The van der Waals surface area contributed by atoms with Gasteiger partial charge in [0.15, 0.2) is 0 Å². The number of hydrogen-bond donors (Lipinski definition) is 2. The van der Waals surface area contributed by atoms with Crippen LogP contribution in [0.25, 0.3) is 0 Å². The Hall–Kier alpha value is -0.360. The van der Waals surface area contributed by atoms with E-state index in [0.717, 1.165) is 0 Å². The van der Waals surface area contributed by atoms with Crippen LogP contribution in [-0.2, 0) is 14.3 Å². The van der Waals surface area contributed by atoms with E-state index in [4.69, 9.17) is 9.47 Å². The molecule has 0 fully saturated rings. The molecule has 2 N–H and O–H groups in total. The number of ether oxygens (including phenoxy) is 2. The largest absolute Gasteiger partial charge is 0.383 e. The number of carbonyl (C=O) groups excluding carboxylic acids is 1. The number of rotatable bonds is 8. The molecule has 0 radical (unpaired) electrons. The quantitative estimate of drug-likeness (QED) is 0.607.